The van der Waals surface area contributed by atoms with E-state index in [1.807, 2.05) is 0 Å². The van der Waals surface area contributed by atoms with E-state index in [-0.39, 0.29) is 0 Å². The average Bonchev–Trinajstić information content (AvgIpc) is 2.32. The zero-order valence-electron chi connectivity index (χ0n) is 6.34. The van der Waals surface area contributed by atoms with E-state index in [0.717, 1.165) is 0 Å². The molecule has 1 aliphatic rings. The molecule has 2 N–H and O–H groups in total. The van der Waals surface area contributed by atoms with Gasteiger partial charge in [-0.15, -0.1) is 0 Å². The third-order valence-corrected chi connectivity index (χ3v) is 2.41. The molecule has 1 saturated heterocycles. The minimum absolute atomic E-state index is 0.294. The molecule has 0 aliphatic carbocycles. The Kier molecular flexibility index (Phi) is 1.95. The standard InChI is InChI=1S/C6H9N3O2S/c7-12(10)6-1-2-9(8-6)5-3-11-4-5/h1-2,5H,3-4,7H2. The van der Waals surface area contributed by atoms with E-state index in [9.17, 15) is 4.21 Å². The van der Waals surface area contributed by atoms with Crippen molar-refractivity contribution in [1.82, 2.24) is 9.78 Å². The summed E-state index contributed by atoms with van der Waals surface area (Å²) in [4.78, 5) is 0. The number of rotatable bonds is 2. The van der Waals surface area contributed by atoms with Crippen molar-refractivity contribution in [2.75, 3.05) is 13.2 Å². The highest BCUT2D eigenvalue weighted by atomic mass is 32.2. The predicted octanol–water partition coefficient (Wildman–Crippen LogP) is -0.564. The molecular weight excluding hydrogens is 178 g/mol. The summed E-state index contributed by atoms with van der Waals surface area (Å²) in [6, 6.07) is 1.95. The van der Waals surface area contributed by atoms with Crippen molar-refractivity contribution in [3.8, 4) is 0 Å². The summed E-state index contributed by atoms with van der Waals surface area (Å²) < 4.78 is 17.5. The smallest absolute Gasteiger partial charge is 0.164 e. The highest BCUT2D eigenvalue weighted by molar-refractivity contribution is 7.82. The number of hydrogen-bond donors (Lipinski definition) is 1. The van der Waals surface area contributed by atoms with E-state index in [1.54, 1.807) is 16.9 Å². The minimum Gasteiger partial charge on any atom is -0.377 e. The fraction of sp³-hybridized carbons (Fsp3) is 0.500. The average molecular weight is 187 g/mol. The van der Waals surface area contributed by atoms with Crippen molar-refractivity contribution in [2.45, 2.75) is 11.1 Å². The second-order valence-electron chi connectivity index (χ2n) is 2.62. The monoisotopic (exact) mass is 187 g/mol. The van der Waals surface area contributed by atoms with Crippen molar-refractivity contribution in [1.29, 1.82) is 0 Å². The van der Waals surface area contributed by atoms with Gasteiger partial charge in [0, 0.05) is 6.20 Å². The number of hydrogen-bond acceptors (Lipinski definition) is 3. The van der Waals surface area contributed by atoms with Crippen LogP contribution in [-0.2, 0) is 15.7 Å². The molecule has 12 heavy (non-hydrogen) atoms. The first kappa shape index (κ1) is 7.90. The fourth-order valence-electron chi connectivity index (χ4n) is 1.01. The Morgan fingerprint density at radius 1 is 1.75 bits per heavy atom. The molecular formula is C6H9N3O2S. The van der Waals surface area contributed by atoms with Gasteiger partial charge in [-0.3, -0.25) is 4.68 Å². The van der Waals surface area contributed by atoms with Crippen molar-refractivity contribution in [3.05, 3.63) is 12.3 Å². The molecule has 6 heteroatoms. The van der Waals surface area contributed by atoms with Crippen LogP contribution >= 0.6 is 0 Å². The van der Waals surface area contributed by atoms with Crippen molar-refractivity contribution >= 4 is 11.0 Å². The lowest BCUT2D eigenvalue weighted by Gasteiger charge is -2.25. The van der Waals surface area contributed by atoms with E-state index >= 15 is 0 Å². The van der Waals surface area contributed by atoms with Crippen molar-refractivity contribution < 1.29 is 8.95 Å². The van der Waals surface area contributed by atoms with Crippen LogP contribution in [0.3, 0.4) is 0 Å². The van der Waals surface area contributed by atoms with Gasteiger partial charge in [0.1, 0.15) is 11.0 Å². The number of nitrogens with two attached hydrogens (primary N) is 1. The predicted molar refractivity (Wildman–Crippen MR) is 42.7 cm³/mol. The molecule has 2 heterocycles. The first-order valence-corrected chi connectivity index (χ1v) is 4.78. The third kappa shape index (κ3) is 1.28. The Balaban J connectivity index is 2.17. The molecule has 0 bridgehead atoms. The van der Waals surface area contributed by atoms with Gasteiger partial charge in [-0.2, -0.15) is 5.10 Å². The quantitative estimate of drug-likeness (QED) is 0.674. The molecule has 1 atom stereocenters. The van der Waals surface area contributed by atoms with Crippen LogP contribution in [0.25, 0.3) is 0 Å². The second kappa shape index (κ2) is 2.96. The first-order valence-electron chi connectivity index (χ1n) is 3.56. The summed E-state index contributed by atoms with van der Waals surface area (Å²) in [5, 5.41) is 9.61. The van der Waals surface area contributed by atoms with Crippen molar-refractivity contribution in [2.24, 2.45) is 5.14 Å². The normalized spacial score (nSPS) is 20.4. The third-order valence-electron chi connectivity index (χ3n) is 1.78. The molecule has 0 amide bonds. The second-order valence-corrected chi connectivity index (χ2v) is 3.64. The van der Waals surface area contributed by atoms with Crippen LogP contribution in [0.2, 0.25) is 0 Å². The van der Waals surface area contributed by atoms with Gasteiger partial charge in [0.05, 0.1) is 19.3 Å². The van der Waals surface area contributed by atoms with Crippen LogP contribution < -0.4 is 5.14 Å². The highest BCUT2D eigenvalue weighted by Gasteiger charge is 2.21. The van der Waals surface area contributed by atoms with Crippen LogP contribution in [0.15, 0.2) is 17.3 Å². The molecule has 0 radical (unpaired) electrons. The summed E-state index contributed by atoms with van der Waals surface area (Å²) in [7, 11) is -1.48. The van der Waals surface area contributed by atoms with E-state index in [1.165, 1.54) is 0 Å². The Morgan fingerprint density at radius 3 is 2.92 bits per heavy atom. The fourth-order valence-corrected chi connectivity index (χ4v) is 1.38. The molecule has 0 aromatic carbocycles. The SMILES string of the molecule is NS(=O)c1ccn(C2COC2)n1. The topological polar surface area (TPSA) is 70.1 Å². The van der Waals surface area contributed by atoms with Gasteiger partial charge in [0.25, 0.3) is 0 Å². The molecule has 2 rings (SSSR count). The van der Waals surface area contributed by atoms with E-state index in [2.05, 4.69) is 5.10 Å². The number of aromatic nitrogens is 2. The molecule has 1 aliphatic heterocycles. The van der Waals surface area contributed by atoms with Gasteiger partial charge < -0.3 is 4.74 Å². The lowest BCUT2D eigenvalue weighted by atomic mass is 10.3. The van der Waals surface area contributed by atoms with E-state index in [0.29, 0.717) is 24.3 Å². The maximum absolute atomic E-state index is 10.8. The van der Waals surface area contributed by atoms with Crippen LogP contribution in [-0.4, -0.2) is 27.2 Å². The first-order chi connectivity index (χ1) is 5.77. The number of ether oxygens (including phenoxy) is 1. The van der Waals surface area contributed by atoms with Gasteiger partial charge >= 0.3 is 0 Å². The summed E-state index contributed by atoms with van der Waals surface area (Å²) >= 11 is 0. The summed E-state index contributed by atoms with van der Waals surface area (Å²) in [5.74, 6) is 0. The van der Waals surface area contributed by atoms with Crippen molar-refractivity contribution in [3.63, 3.8) is 0 Å². The van der Waals surface area contributed by atoms with Crippen LogP contribution in [0.5, 0.6) is 0 Å². The van der Waals surface area contributed by atoms with Gasteiger partial charge in [0.2, 0.25) is 0 Å². The summed E-state index contributed by atoms with van der Waals surface area (Å²) in [6.45, 7) is 1.36. The van der Waals surface area contributed by atoms with Gasteiger partial charge in [-0.25, -0.2) is 9.35 Å². The minimum atomic E-state index is -1.48. The molecule has 1 fully saturated rings. The Labute approximate surface area is 72.1 Å². The molecule has 66 valence electrons. The Hall–Kier alpha value is -0.720. The summed E-state index contributed by atoms with van der Waals surface area (Å²) in [5.41, 5.74) is 0. The molecule has 1 aromatic rings. The Bertz CT molecular complexity index is 307. The largest absolute Gasteiger partial charge is 0.377 e. The molecule has 1 aromatic heterocycles. The van der Waals surface area contributed by atoms with Crippen LogP contribution in [0, 0.1) is 0 Å². The van der Waals surface area contributed by atoms with Gasteiger partial charge in [0.15, 0.2) is 5.03 Å². The zero-order valence-corrected chi connectivity index (χ0v) is 7.16. The lowest BCUT2D eigenvalue weighted by Crippen LogP contribution is -2.31. The van der Waals surface area contributed by atoms with Gasteiger partial charge in [-0.1, -0.05) is 0 Å². The van der Waals surface area contributed by atoms with Crippen LogP contribution in [0.1, 0.15) is 6.04 Å². The van der Waals surface area contributed by atoms with Gasteiger partial charge in [-0.05, 0) is 6.07 Å². The van der Waals surface area contributed by atoms with E-state index in [4.69, 9.17) is 9.88 Å². The highest BCUT2D eigenvalue weighted by Crippen LogP contribution is 2.16. The summed E-state index contributed by atoms with van der Waals surface area (Å²) in [6.07, 6.45) is 1.77. The maximum Gasteiger partial charge on any atom is 0.164 e. The van der Waals surface area contributed by atoms with Crippen LogP contribution in [0.4, 0.5) is 0 Å². The number of nitrogens with zero attached hydrogens (tertiary/aromatic N) is 2. The maximum atomic E-state index is 10.8. The Morgan fingerprint density at radius 2 is 2.50 bits per heavy atom. The lowest BCUT2D eigenvalue weighted by molar-refractivity contribution is -0.0291. The molecule has 0 saturated carbocycles. The molecule has 5 nitrogen and oxygen atoms in total. The molecule has 1 unspecified atom stereocenters. The molecule has 0 spiro atoms. The zero-order chi connectivity index (χ0) is 8.55. The van der Waals surface area contributed by atoms with E-state index < -0.39 is 11.0 Å².